The number of carbonyl (C=O) groups is 8. The van der Waals surface area contributed by atoms with Gasteiger partial charge < -0.3 is 34.0 Å². The Morgan fingerprint density at radius 3 is 1.33 bits per heavy atom. The number of nitrogens with two attached hydrogens (primary N) is 4. The molecule has 2 unspecified atom stereocenters. The van der Waals surface area contributed by atoms with Crippen molar-refractivity contribution in [1.82, 2.24) is 52.9 Å². The summed E-state index contributed by atoms with van der Waals surface area (Å²) >= 11 is 10.6. The number of hydrogen-bond acceptors (Lipinski definition) is 25. The van der Waals surface area contributed by atoms with Crippen molar-refractivity contribution in [3.63, 3.8) is 0 Å². The van der Waals surface area contributed by atoms with Crippen LogP contribution in [0.25, 0.3) is 34.4 Å². The van der Waals surface area contributed by atoms with Crippen molar-refractivity contribution in [2.45, 2.75) is 39.5 Å². The Morgan fingerprint density at radius 2 is 0.884 bits per heavy atom. The third-order valence-electron chi connectivity index (χ3n) is 11.8. The fourth-order valence-electron chi connectivity index (χ4n) is 7.12. The van der Waals surface area contributed by atoms with Gasteiger partial charge in [0.05, 0.1) is 25.3 Å². The molecule has 9 rings (SSSR count). The Labute approximate surface area is 552 Å². The third-order valence-corrected chi connectivity index (χ3v) is 12.3. The van der Waals surface area contributed by atoms with Crippen LogP contribution in [0.4, 0.5) is 0 Å². The number of benzene rings is 7. The number of methoxy groups -OCH3 is 2. The van der Waals surface area contributed by atoms with Crippen molar-refractivity contribution in [2.75, 3.05) is 14.2 Å². The number of aryl methyl sites for hydroxylation is 3. The SMILES string of the molecule is CC(=O)NNC(=O)c1cccc(C(=O)NNC(=O)c2ccc(C)cc2)c1.COC(=O)c1ccc(C(=O)OC)cc1.Cc1ccc(-c2nnc(-c3cccc(-c4nnc(C)o4)c3)o2)cc1.N#N.NN.NNC(=O)c1ccc(C(O)NN)cc1.O.O=C(Cl)c1cccc(C(O)Cl)c1. The van der Waals surface area contributed by atoms with Crippen LogP contribution in [-0.2, 0) is 14.3 Å². The van der Waals surface area contributed by atoms with Gasteiger partial charge in [0.2, 0.25) is 29.5 Å². The van der Waals surface area contributed by atoms with E-state index < -0.39 is 52.6 Å². The van der Waals surface area contributed by atoms with Crippen LogP contribution in [0.2, 0.25) is 0 Å². The van der Waals surface area contributed by atoms with Gasteiger partial charge in [-0.15, -0.1) is 20.4 Å². The Balaban J connectivity index is 0.000000411. The van der Waals surface area contributed by atoms with E-state index in [1.165, 1.54) is 93.4 Å². The van der Waals surface area contributed by atoms with Crippen molar-refractivity contribution in [1.29, 1.82) is 10.8 Å². The molecule has 0 saturated carbocycles. The lowest BCUT2D eigenvalue weighted by molar-refractivity contribution is -0.119. The van der Waals surface area contributed by atoms with E-state index in [1.54, 1.807) is 61.5 Å². The van der Waals surface area contributed by atoms with Gasteiger partial charge in [0.1, 0.15) is 6.23 Å². The minimum absolute atomic E-state index is 0. The summed E-state index contributed by atoms with van der Waals surface area (Å²) in [6, 6.07) is 46.7. The standard InChI is InChI=1S/C18H18N4O4.C18H14N4O2.C10H10O4.C8H6Cl2O2.C8H12N4O2.H4N2.N2.H2O/c1-11-6-8-13(9-7-11)16(24)21-22-18(26)15-5-3-4-14(10-15)17(25)20-19-12(2)23;1-11-6-8-13(9-7-11)16-21-22-18(24-16)15-5-3-4-14(10-15)17-20-19-12(2)23-17;1-13-9(11)7-3-5-8(6-4-7)10(12)14-2;9-7(11)5-2-1-3-6(4-5)8(10)12;9-11-7(13)5-1-2-6(4-3-5)8(14)12-10;2*1-2;/h3-10H,1-2H3,(H,19,23)(H,20,25)(H,21,24)(H,22,26);3-10H,1-2H3;3-6H,1-2H3;1-4,7,11H;1-4,7,11,13H,9-10H2,(H,12,14);1-2H2;;1H2. The van der Waals surface area contributed by atoms with Gasteiger partial charge in [-0.25, -0.2) is 20.9 Å². The van der Waals surface area contributed by atoms with Gasteiger partial charge in [0, 0.05) is 69.1 Å². The molecule has 2 heterocycles. The van der Waals surface area contributed by atoms with Crippen molar-refractivity contribution in [2.24, 2.45) is 23.4 Å². The fourth-order valence-corrected chi connectivity index (χ4v) is 7.37. The van der Waals surface area contributed by atoms with Crippen LogP contribution in [0, 0.1) is 31.6 Å². The monoisotopic (exact) mass is 1340 g/mol. The lowest BCUT2D eigenvalue weighted by Crippen LogP contribution is -2.42. The second-order valence-electron chi connectivity index (χ2n) is 18.4. The largest absolute Gasteiger partial charge is 0.465 e. The number of ether oxygens (including phenoxy) is 2. The molecule has 498 valence electrons. The number of halogens is 2. The van der Waals surface area contributed by atoms with Gasteiger partial charge in [-0.3, -0.25) is 73.4 Å². The summed E-state index contributed by atoms with van der Waals surface area (Å²) in [5, 5.41) is 45.8. The number of hydrogen-bond donors (Lipinski definition) is 12. The van der Waals surface area contributed by atoms with E-state index in [2.05, 4.69) is 68.7 Å². The highest BCUT2D eigenvalue weighted by Gasteiger charge is 2.16. The highest BCUT2D eigenvalue weighted by Crippen LogP contribution is 2.28. The van der Waals surface area contributed by atoms with Crippen LogP contribution in [0.1, 0.15) is 119 Å². The zero-order valence-corrected chi connectivity index (χ0v) is 52.9. The molecule has 95 heavy (non-hydrogen) atoms. The number of nitrogen functional groups attached to an aromatic ring is 1. The number of nitrogens with one attached hydrogen (secondary N) is 6. The average molecular weight is 1350 g/mol. The van der Waals surface area contributed by atoms with Gasteiger partial charge in [0.15, 0.2) is 5.56 Å². The van der Waals surface area contributed by atoms with E-state index in [1.807, 2.05) is 67.8 Å². The Hall–Kier alpha value is -11.5. The summed E-state index contributed by atoms with van der Waals surface area (Å²) in [6.45, 7) is 6.94. The third kappa shape index (κ3) is 26.3. The highest BCUT2D eigenvalue weighted by atomic mass is 35.5. The number of alkyl halides is 1. The molecule has 9 aromatic rings. The number of nitrogens with zero attached hydrogens (tertiary/aromatic N) is 6. The lowest BCUT2D eigenvalue weighted by Gasteiger charge is -2.09. The Kier molecular flexibility index (Phi) is 35.0. The molecule has 0 saturated heterocycles. The minimum atomic E-state index is -1.10. The van der Waals surface area contributed by atoms with E-state index in [0.717, 1.165) is 22.3 Å². The molecule has 0 fully saturated rings. The summed E-state index contributed by atoms with van der Waals surface area (Å²) in [5.74, 6) is 16.6. The molecular weight excluding hydrogens is 1280 g/mol. The fraction of sp³-hybridized carbons (Fsp3) is 0.129. The van der Waals surface area contributed by atoms with Crippen molar-refractivity contribution in [3.05, 3.63) is 237 Å². The number of amides is 5. The molecule has 18 N–H and O–H groups in total. The van der Waals surface area contributed by atoms with Crippen LogP contribution in [0.5, 0.6) is 0 Å². The predicted octanol–water partition coefficient (Wildman–Crippen LogP) is 5.24. The van der Waals surface area contributed by atoms with Crippen molar-refractivity contribution in [3.8, 4) is 34.4 Å². The number of carbonyl (C=O) groups excluding carboxylic acids is 8. The van der Waals surface area contributed by atoms with E-state index >= 15 is 0 Å². The first kappa shape index (κ1) is 79.6. The van der Waals surface area contributed by atoms with Crippen molar-refractivity contribution >= 4 is 69.9 Å². The summed E-state index contributed by atoms with van der Waals surface area (Å²) < 4.78 is 20.3. The summed E-state index contributed by atoms with van der Waals surface area (Å²) in [4.78, 5) is 90.6. The van der Waals surface area contributed by atoms with Crippen LogP contribution < -0.4 is 55.9 Å². The molecule has 7 aromatic carbocycles. The first-order valence-electron chi connectivity index (χ1n) is 26.9. The summed E-state index contributed by atoms with van der Waals surface area (Å²) in [6.07, 6.45) is -0.940. The summed E-state index contributed by atoms with van der Waals surface area (Å²) in [5.41, 5.74) is 20.1. The molecule has 0 aliphatic carbocycles. The molecule has 0 aliphatic rings. The molecule has 0 radical (unpaired) electrons. The van der Waals surface area contributed by atoms with E-state index in [9.17, 15) is 43.5 Å². The minimum Gasteiger partial charge on any atom is -0.465 e. The maximum absolute atomic E-state index is 12.1. The maximum atomic E-state index is 12.1. The number of esters is 2. The average Bonchev–Trinajstić information content (AvgIpc) is 1.72. The first-order valence-corrected chi connectivity index (χ1v) is 27.7. The zero-order valence-electron chi connectivity index (χ0n) is 51.4. The molecule has 0 bridgehead atoms. The van der Waals surface area contributed by atoms with Crippen LogP contribution in [0.15, 0.2) is 179 Å². The van der Waals surface area contributed by atoms with Crippen molar-refractivity contribution < 1.29 is 72.4 Å². The lowest BCUT2D eigenvalue weighted by atomic mass is 10.1. The second kappa shape index (κ2) is 41.8. The molecule has 2 aromatic heterocycles. The van der Waals surface area contributed by atoms with Gasteiger partial charge >= 0.3 is 11.9 Å². The topological polar surface area (TPSA) is 529 Å². The number of hydrazine groups is 5. The van der Waals surface area contributed by atoms with Gasteiger partial charge in [-0.05, 0) is 140 Å². The number of rotatable bonds is 13. The predicted molar refractivity (Wildman–Crippen MR) is 344 cm³/mol. The van der Waals surface area contributed by atoms with Gasteiger partial charge in [-0.2, -0.15) is 0 Å². The summed E-state index contributed by atoms with van der Waals surface area (Å²) in [7, 11) is 2.60. The molecule has 33 heteroatoms. The van der Waals surface area contributed by atoms with Crippen LogP contribution >= 0.6 is 23.2 Å². The highest BCUT2D eigenvalue weighted by molar-refractivity contribution is 6.67. The second-order valence-corrected chi connectivity index (χ2v) is 19.2. The zero-order chi connectivity index (χ0) is 69.9. The molecule has 2 atom stereocenters. The molecule has 0 aliphatic heterocycles. The first-order chi connectivity index (χ1) is 45.0. The number of aliphatic hydroxyl groups is 2. The Morgan fingerprint density at radius 1 is 0.484 bits per heavy atom. The molecule has 0 spiro atoms. The number of aromatic nitrogens is 4. The number of aliphatic hydroxyl groups excluding tert-OH is 2. The molecule has 31 nitrogen and oxygen atoms in total. The smallest absolute Gasteiger partial charge is 0.337 e. The molecule has 5 amide bonds. The Bertz CT molecular complexity index is 3930. The van der Waals surface area contributed by atoms with Crippen LogP contribution in [-0.4, -0.2) is 97.0 Å². The van der Waals surface area contributed by atoms with Gasteiger partial charge in [0.25, 0.3) is 28.9 Å². The van der Waals surface area contributed by atoms with Crippen LogP contribution in [0.3, 0.4) is 0 Å². The normalized spacial score (nSPS) is 10.3. The maximum Gasteiger partial charge on any atom is 0.337 e. The quantitative estimate of drug-likeness (QED) is 0.0103. The van der Waals surface area contributed by atoms with E-state index in [4.69, 9.17) is 59.6 Å². The van der Waals surface area contributed by atoms with E-state index in [-0.39, 0.29) is 22.5 Å². The molecular formula is C62H66Cl2N16O15. The van der Waals surface area contributed by atoms with E-state index in [0.29, 0.717) is 62.5 Å². The van der Waals surface area contributed by atoms with Gasteiger partial charge in [-0.1, -0.05) is 89.5 Å².